The third-order valence-electron chi connectivity index (χ3n) is 2.32. The summed E-state index contributed by atoms with van der Waals surface area (Å²) in [5, 5.41) is 0. The lowest BCUT2D eigenvalue weighted by Gasteiger charge is -2.32. The van der Waals surface area contributed by atoms with E-state index in [1.807, 2.05) is 6.92 Å². The second-order valence-electron chi connectivity index (χ2n) is 6.23. The molecule has 0 unspecified atom stereocenters. The van der Waals surface area contributed by atoms with E-state index < -0.39 is 0 Å². The van der Waals surface area contributed by atoms with Crippen LogP contribution in [0, 0.1) is 10.8 Å². The first-order valence-electron chi connectivity index (χ1n) is 6.20. The zero-order chi connectivity index (χ0) is 13.7. The van der Waals surface area contributed by atoms with Crippen LogP contribution < -0.4 is 0 Å². The first kappa shape index (κ1) is 16.0. The fraction of sp³-hybridized carbons (Fsp3) is 0.733. The Labute approximate surface area is 106 Å². The van der Waals surface area contributed by atoms with Crippen molar-refractivity contribution in [2.45, 2.75) is 54.9 Å². The van der Waals surface area contributed by atoms with Gasteiger partial charge < -0.3 is 4.74 Å². The maximum atomic E-state index is 11.2. The van der Waals surface area contributed by atoms with Crippen molar-refractivity contribution in [2.75, 3.05) is 6.61 Å². The number of hydrogen-bond donors (Lipinski definition) is 0. The van der Waals surface area contributed by atoms with Crippen molar-refractivity contribution in [1.82, 2.24) is 0 Å². The van der Waals surface area contributed by atoms with Crippen LogP contribution in [0.15, 0.2) is 17.4 Å². The summed E-state index contributed by atoms with van der Waals surface area (Å²) in [5.41, 5.74) is 4.61. The molecular formula is C15H26O2. The highest BCUT2D eigenvalue weighted by atomic mass is 16.5. The van der Waals surface area contributed by atoms with Crippen LogP contribution in [0.5, 0.6) is 0 Å². The minimum Gasteiger partial charge on any atom is -0.466 e. The number of carbonyl (C=O) groups excluding carboxylic acids is 1. The molecule has 0 aliphatic heterocycles. The summed E-state index contributed by atoms with van der Waals surface area (Å²) in [6.07, 6.45) is 2.08. The Kier molecular flexibility index (Phi) is 5.71. The number of rotatable bonds is 3. The number of hydrogen-bond acceptors (Lipinski definition) is 2. The van der Waals surface area contributed by atoms with Crippen LogP contribution in [0.25, 0.3) is 0 Å². The molecule has 0 rings (SSSR count). The summed E-state index contributed by atoms with van der Waals surface area (Å²) in [7, 11) is 0. The molecule has 0 bridgehead atoms. The smallest absolute Gasteiger partial charge is 0.310 e. The van der Waals surface area contributed by atoms with Gasteiger partial charge in [-0.3, -0.25) is 4.79 Å². The second-order valence-corrected chi connectivity index (χ2v) is 6.23. The molecule has 0 spiro atoms. The summed E-state index contributed by atoms with van der Waals surface area (Å²) in [4.78, 5) is 11.2. The summed E-state index contributed by atoms with van der Waals surface area (Å²) >= 11 is 0. The molecule has 0 N–H and O–H groups in total. The van der Waals surface area contributed by atoms with Crippen molar-refractivity contribution in [3.8, 4) is 0 Å². The Hall–Kier alpha value is -1.01. The fourth-order valence-electron chi connectivity index (χ4n) is 2.01. The van der Waals surface area contributed by atoms with Gasteiger partial charge in [-0.05, 0) is 29.4 Å². The topological polar surface area (TPSA) is 26.3 Å². The number of esters is 1. The normalized spacial score (nSPS) is 11.7. The molecule has 0 saturated heterocycles. The van der Waals surface area contributed by atoms with E-state index in [-0.39, 0.29) is 16.8 Å². The van der Waals surface area contributed by atoms with Crippen LogP contribution >= 0.6 is 0 Å². The van der Waals surface area contributed by atoms with Gasteiger partial charge in [-0.15, -0.1) is 5.73 Å². The SMILES string of the molecule is CCOC(=O)CC=C=C(C(C)(C)C)C(C)(C)C. The molecule has 0 atom stereocenters. The largest absolute Gasteiger partial charge is 0.466 e. The molecule has 0 aromatic heterocycles. The quantitative estimate of drug-likeness (QED) is 0.546. The van der Waals surface area contributed by atoms with Gasteiger partial charge in [-0.1, -0.05) is 41.5 Å². The van der Waals surface area contributed by atoms with Gasteiger partial charge in [0.25, 0.3) is 0 Å². The van der Waals surface area contributed by atoms with E-state index >= 15 is 0 Å². The first-order valence-corrected chi connectivity index (χ1v) is 6.20. The average molecular weight is 238 g/mol. The van der Waals surface area contributed by atoms with Crippen LogP contribution in [-0.4, -0.2) is 12.6 Å². The van der Waals surface area contributed by atoms with Gasteiger partial charge in [0.15, 0.2) is 0 Å². The summed E-state index contributed by atoms with van der Waals surface area (Å²) in [6, 6.07) is 0. The Morgan fingerprint density at radius 1 is 1.12 bits per heavy atom. The third-order valence-corrected chi connectivity index (χ3v) is 2.32. The van der Waals surface area contributed by atoms with E-state index in [4.69, 9.17) is 4.74 Å². The monoisotopic (exact) mass is 238 g/mol. The molecule has 0 aliphatic rings. The first-order chi connectivity index (χ1) is 7.59. The summed E-state index contributed by atoms with van der Waals surface area (Å²) < 4.78 is 4.88. The Balaban J connectivity index is 4.96. The van der Waals surface area contributed by atoms with E-state index in [0.29, 0.717) is 13.0 Å². The van der Waals surface area contributed by atoms with Gasteiger partial charge in [0.1, 0.15) is 0 Å². The van der Waals surface area contributed by atoms with Gasteiger partial charge in [0.2, 0.25) is 0 Å². The van der Waals surface area contributed by atoms with E-state index in [2.05, 4.69) is 47.3 Å². The number of carbonyl (C=O) groups is 1. The molecule has 2 heteroatoms. The van der Waals surface area contributed by atoms with E-state index in [0.717, 1.165) is 0 Å². The highest BCUT2D eigenvalue weighted by Crippen LogP contribution is 2.38. The lowest BCUT2D eigenvalue weighted by atomic mass is 9.72. The zero-order valence-electron chi connectivity index (χ0n) is 12.3. The van der Waals surface area contributed by atoms with Crippen molar-refractivity contribution < 1.29 is 9.53 Å². The van der Waals surface area contributed by atoms with Crippen LogP contribution in [0.1, 0.15) is 54.9 Å². The van der Waals surface area contributed by atoms with Crippen LogP contribution in [0.2, 0.25) is 0 Å². The van der Waals surface area contributed by atoms with Crippen LogP contribution in [0.3, 0.4) is 0 Å². The molecule has 0 saturated carbocycles. The highest BCUT2D eigenvalue weighted by molar-refractivity contribution is 5.71. The molecule has 0 fully saturated rings. The van der Waals surface area contributed by atoms with Gasteiger partial charge in [0, 0.05) is 0 Å². The molecule has 0 radical (unpaired) electrons. The van der Waals surface area contributed by atoms with Gasteiger partial charge in [-0.25, -0.2) is 0 Å². The molecule has 0 amide bonds. The maximum absolute atomic E-state index is 11.2. The van der Waals surface area contributed by atoms with Crippen LogP contribution in [0.4, 0.5) is 0 Å². The minimum atomic E-state index is -0.192. The van der Waals surface area contributed by atoms with Gasteiger partial charge >= 0.3 is 5.97 Å². The average Bonchev–Trinajstić information content (AvgIpc) is 2.08. The zero-order valence-corrected chi connectivity index (χ0v) is 12.3. The summed E-state index contributed by atoms with van der Waals surface area (Å²) in [6.45, 7) is 15.2. The number of ether oxygens (including phenoxy) is 1. The van der Waals surface area contributed by atoms with Gasteiger partial charge in [-0.2, -0.15) is 0 Å². The second kappa shape index (κ2) is 6.07. The predicted octanol–water partition coefficient (Wildman–Crippen LogP) is 4.11. The minimum absolute atomic E-state index is 0.0589. The third kappa shape index (κ3) is 6.33. The molecule has 0 aromatic carbocycles. The predicted molar refractivity (Wildman–Crippen MR) is 71.8 cm³/mol. The molecule has 2 nitrogen and oxygen atoms in total. The molecule has 17 heavy (non-hydrogen) atoms. The Morgan fingerprint density at radius 3 is 1.94 bits per heavy atom. The van der Waals surface area contributed by atoms with Crippen molar-refractivity contribution in [3.05, 3.63) is 17.4 Å². The highest BCUT2D eigenvalue weighted by Gasteiger charge is 2.27. The molecular weight excluding hydrogens is 212 g/mol. The van der Waals surface area contributed by atoms with E-state index in [1.54, 1.807) is 6.08 Å². The standard InChI is InChI=1S/C15H26O2/c1-8-17-13(16)11-9-10-12(14(2,3)4)15(5,6)7/h9H,8,11H2,1-7H3. The Morgan fingerprint density at radius 2 is 1.59 bits per heavy atom. The fourth-order valence-corrected chi connectivity index (χ4v) is 2.01. The van der Waals surface area contributed by atoms with Crippen molar-refractivity contribution in [3.63, 3.8) is 0 Å². The Bertz CT molecular complexity index is 302. The molecule has 0 aromatic rings. The van der Waals surface area contributed by atoms with Crippen molar-refractivity contribution >= 4 is 5.97 Å². The molecule has 98 valence electrons. The van der Waals surface area contributed by atoms with Crippen molar-refractivity contribution in [2.24, 2.45) is 10.8 Å². The molecule has 0 aliphatic carbocycles. The molecule has 0 heterocycles. The lowest BCUT2D eigenvalue weighted by molar-refractivity contribution is -0.142. The van der Waals surface area contributed by atoms with E-state index in [1.165, 1.54) is 5.57 Å². The maximum Gasteiger partial charge on any atom is 0.310 e. The van der Waals surface area contributed by atoms with E-state index in [9.17, 15) is 4.79 Å². The van der Waals surface area contributed by atoms with Crippen molar-refractivity contribution in [1.29, 1.82) is 0 Å². The van der Waals surface area contributed by atoms with Crippen LogP contribution in [-0.2, 0) is 9.53 Å². The van der Waals surface area contributed by atoms with Gasteiger partial charge in [0.05, 0.1) is 13.0 Å². The summed E-state index contributed by atoms with van der Waals surface area (Å²) in [5.74, 6) is -0.192. The lowest BCUT2D eigenvalue weighted by Crippen LogP contribution is -2.21.